The largest absolute Gasteiger partial charge is 0.462 e. The van der Waals surface area contributed by atoms with Gasteiger partial charge in [0.05, 0.1) is 24.3 Å². The molecule has 0 aromatic heterocycles. The van der Waals surface area contributed by atoms with Crippen molar-refractivity contribution < 1.29 is 19.1 Å². The van der Waals surface area contributed by atoms with Gasteiger partial charge in [0, 0.05) is 0 Å². The number of carbonyl (C=O) groups is 2. The van der Waals surface area contributed by atoms with E-state index in [4.69, 9.17) is 9.47 Å². The van der Waals surface area contributed by atoms with Crippen molar-refractivity contribution in [3.63, 3.8) is 0 Å². The van der Waals surface area contributed by atoms with E-state index in [1.807, 2.05) is 60.7 Å². The van der Waals surface area contributed by atoms with Crippen molar-refractivity contribution in [2.24, 2.45) is 0 Å². The van der Waals surface area contributed by atoms with Gasteiger partial charge in [0.15, 0.2) is 0 Å². The maximum atomic E-state index is 13.0. The number of rotatable bonds is 0. The van der Waals surface area contributed by atoms with Crippen LogP contribution < -0.4 is 0 Å². The fraction of sp³-hybridized carbons (Fsp3) is 0.118. The van der Waals surface area contributed by atoms with Crippen LogP contribution in [0.2, 0.25) is 0 Å². The molecule has 4 heteroatoms. The minimum absolute atomic E-state index is 0.276. The molecule has 0 saturated heterocycles. The highest BCUT2D eigenvalue weighted by molar-refractivity contribution is 6.24. The lowest BCUT2D eigenvalue weighted by Crippen LogP contribution is -2.10. The van der Waals surface area contributed by atoms with Crippen molar-refractivity contribution >= 4 is 55.0 Å². The lowest BCUT2D eigenvalue weighted by molar-refractivity contribution is 0.0432. The predicted molar refractivity (Wildman–Crippen MR) is 152 cm³/mol. The Hall–Kier alpha value is -4.70. The summed E-state index contributed by atoms with van der Waals surface area (Å²) in [5.41, 5.74) is 3.12. The van der Waals surface area contributed by atoms with Crippen LogP contribution in [0.25, 0.3) is 54.2 Å². The lowest BCUT2D eigenvalue weighted by Gasteiger charge is -2.18. The topological polar surface area (TPSA) is 52.6 Å². The average molecular weight is 497 g/mol. The SMILES string of the molecule is O=C1OCCCCOC(=O)c2ccc3cc4ccccc4c(c3c2)-c2c3ccccc3cc3ccc1cc23. The molecule has 1 aliphatic heterocycles. The Bertz CT molecular complexity index is 1780. The van der Waals surface area contributed by atoms with E-state index >= 15 is 0 Å². The van der Waals surface area contributed by atoms with Gasteiger partial charge in [-0.2, -0.15) is 0 Å². The van der Waals surface area contributed by atoms with E-state index in [1.54, 1.807) is 0 Å². The van der Waals surface area contributed by atoms with Gasteiger partial charge in [0.1, 0.15) is 0 Å². The van der Waals surface area contributed by atoms with Crippen molar-refractivity contribution in [1.82, 2.24) is 0 Å². The van der Waals surface area contributed by atoms with E-state index in [0.29, 0.717) is 24.0 Å². The molecule has 0 unspecified atom stereocenters. The highest BCUT2D eigenvalue weighted by Gasteiger charge is 2.19. The number of esters is 2. The summed E-state index contributed by atoms with van der Waals surface area (Å²) < 4.78 is 11.1. The van der Waals surface area contributed by atoms with Crippen molar-refractivity contribution in [2.75, 3.05) is 13.2 Å². The van der Waals surface area contributed by atoms with Crippen molar-refractivity contribution in [3.05, 3.63) is 108 Å². The second kappa shape index (κ2) is 9.00. The van der Waals surface area contributed by atoms with Gasteiger partial charge in [-0.3, -0.25) is 0 Å². The van der Waals surface area contributed by atoms with E-state index in [1.165, 1.54) is 0 Å². The van der Waals surface area contributed by atoms with E-state index in [9.17, 15) is 9.59 Å². The van der Waals surface area contributed by atoms with Crippen LogP contribution in [-0.2, 0) is 9.47 Å². The Morgan fingerprint density at radius 2 is 0.868 bits per heavy atom. The van der Waals surface area contributed by atoms with Gasteiger partial charge in [-0.25, -0.2) is 9.59 Å². The molecule has 6 aromatic rings. The molecule has 0 aliphatic carbocycles. The van der Waals surface area contributed by atoms with Gasteiger partial charge < -0.3 is 9.47 Å². The third-order valence-corrected chi connectivity index (χ3v) is 7.45. The summed E-state index contributed by atoms with van der Waals surface area (Å²) in [5, 5.41) is 8.38. The van der Waals surface area contributed by atoms with Gasteiger partial charge >= 0.3 is 11.9 Å². The smallest absolute Gasteiger partial charge is 0.338 e. The van der Waals surface area contributed by atoms with E-state index < -0.39 is 0 Å². The molecule has 4 nitrogen and oxygen atoms in total. The zero-order valence-corrected chi connectivity index (χ0v) is 20.7. The molecular weight excluding hydrogens is 472 g/mol. The second-order valence-corrected chi connectivity index (χ2v) is 9.80. The minimum Gasteiger partial charge on any atom is -0.462 e. The van der Waals surface area contributed by atoms with Crippen LogP contribution in [0, 0.1) is 0 Å². The second-order valence-electron chi connectivity index (χ2n) is 9.80. The number of cyclic esters (lactones) is 2. The van der Waals surface area contributed by atoms with Crippen molar-refractivity contribution in [1.29, 1.82) is 0 Å². The molecule has 184 valence electrons. The summed E-state index contributed by atoms with van der Waals surface area (Å²) in [4.78, 5) is 26.0. The number of ether oxygens (including phenoxy) is 2. The van der Waals surface area contributed by atoms with Gasteiger partial charge in [-0.05, 0) is 103 Å². The number of benzene rings is 6. The molecular formula is C34H24O4. The molecule has 38 heavy (non-hydrogen) atoms. The molecule has 0 atom stereocenters. The predicted octanol–water partition coefficient (Wildman–Crippen LogP) is 8.07. The summed E-state index contributed by atoms with van der Waals surface area (Å²) in [5.74, 6) is -0.694. The number of hydrogen-bond acceptors (Lipinski definition) is 4. The van der Waals surface area contributed by atoms with Gasteiger partial charge in [-0.15, -0.1) is 0 Å². The molecule has 0 saturated carbocycles. The Morgan fingerprint density at radius 3 is 1.34 bits per heavy atom. The Morgan fingerprint density at radius 1 is 0.447 bits per heavy atom. The highest BCUT2D eigenvalue weighted by Crippen LogP contribution is 2.44. The molecule has 0 spiro atoms. The number of carbonyl (C=O) groups excluding carboxylic acids is 2. The molecule has 1 heterocycles. The molecule has 7 rings (SSSR count). The third kappa shape index (κ3) is 3.69. The summed E-state index contributed by atoms with van der Waals surface area (Å²) in [6.45, 7) is 0.552. The summed E-state index contributed by atoms with van der Waals surface area (Å²) in [7, 11) is 0. The maximum absolute atomic E-state index is 13.0. The first kappa shape index (κ1) is 22.5. The van der Waals surface area contributed by atoms with Gasteiger partial charge in [-0.1, -0.05) is 60.7 Å². The molecule has 4 bridgehead atoms. The highest BCUT2D eigenvalue weighted by atomic mass is 16.5. The van der Waals surface area contributed by atoms with Crippen molar-refractivity contribution in [3.8, 4) is 11.1 Å². The number of fused-ring (bicyclic) bond motifs is 7. The van der Waals surface area contributed by atoms with Crippen LogP contribution in [0.15, 0.2) is 97.1 Å². The maximum Gasteiger partial charge on any atom is 0.338 e. The summed E-state index contributed by atoms with van der Waals surface area (Å²) >= 11 is 0. The van der Waals surface area contributed by atoms with Gasteiger partial charge in [0.2, 0.25) is 0 Å². The van der Waals surface area contributed by atoms with Crippen LogP contribution in [0.4, 0.5) is 0 Å². The zero-order valence-electron chi connectivity index (χ0n) is 20.7. The fourth-order valence-electron chi connectivity index (χ4n) is 5.62. The van der Waals surface area contributed by atoms with E-state index in [2.05, 4.69) is 36.4 Å². The van der Waals surface area contributed by atoms with E-state index in [0.717, 1.165) is 54.2 Å². The molecule has 0 radical (unpaired) electrons. The first-order valence-corrected chi connectivity index (χ1v) is 12.9. The molecule has 0 amide bonds. The molecule has 1 aliphatic rings. The van der Waals surface area contributed by atoms with E-state index in [-0.39, 0.29) is 25.2 Å². The van der Waals surface area contributed by atoms with Crippen LogP contribution in [0.1, 0.15) is 33.6 Å². The first-order chi connectivity index (χ1) is 18.7. The van der Waals surface area contributed by atoms with Crippen LogP contribution in [0.5, 0.6) is 0 Å². The van der Waals surface area contributed by atoms with Crippen LogP contribution in [0.3, 0.4) is 0 Å². The number of hydrogen-bond donors (Lipinski definition) is 0. The van der Waals surface area contributed by atoms with Gasteiger partial charge in [0.25, 0.3) is 0 Å². The van der Waals surface area contributed by atoms with Crippen LogP contribution >= 0.6 is 0 Å². The molecule has 0 fully saturated rings. The third-order valence-electron chi connectivity index (χ3n) is 7.45. The monoisotopic (exact) mass is 496 g/mol. The summed E-state index contributed by atoms with van der Waals surface area (Å²) in [6, 6.07) is 32.6. The Kier molecular flexibility index (Phi) is 5.33. The Balaban J connectivity index is 1.68. The normalized spacial score (nSPS) is 14.4. The lowest BCUT2D eigenvalue weighted by atomic mass is 9.85. The standard InChI is InChI=1S/C34H24O4/c35-33-25-13-11-23-17-21-7-1-3-9-27(21)31(29(23)19-25)32-28-10-4-2-8-22(28)18-24-12-14-26(20-30(24)32)34(36)38-16-6-5-15-37-33/h1-4,7-14,17-20H,5-6,15-16H2. The average Bonchev–Trinajstić information content (AvgIpc) is 2.95. The zero-order chi connectivity index (χ0) is 25.6. The molecule has 6 aromatic carbocycles. The first-order valence-electron chi connectivity index (χ1n) is 12.9. The van der Waals surface area contributed by atoms with Crippen LogP contribution in [-0.4, -0.2) is 25.2 Å². The Labute approximate surface area is 219 Å². The minimum atomic E-state index is -0.347. The van der Waals surface area contributed by atoms with Crippen molar-refractivity contribution in [2.45, 2.75) is 12.8 Å². The molecule has 0 N–H and O–H groups in total. The quantitative estimate of drug-likeness (QED) is 0.158. The summed E-state index contributed by atoms with van der Waals surface area (Å²) in [6.07, 6.45) is 1.24. The fourth-order valence-corrected chi connectivity index (χ4v) is 5.62.